The van der Waals surface area contributed by atoms with Crippen molar-refractivity contribution in [1.82, 2.24) is 0 Å². The Morgan fingerprint density at radius 3 is 2.40 bits per heavy atom. The topological polar surface area (TPSA) is 66.5 Å². The van der Waals surface area contributed by atoms with Crippen molar-refractivity contribution < 1.29 is 10.2 Å². The molecule has 0 bridgehead atoms. The lowest BCUT2D eigenvalue weighted by molar-refractivity contribution is 0.264. The van der Waals surface area contributed by atoms with Gasteiger partial charge in [0.05, 0.1) is 6.61 Å². The van der Waals surface area contributed by atoms with E-state index in [0.717, 1.165) is 0 Å². The van der Waals surface area contributed by atoms with Crippen LogP contribution in [-0.4, -0.2) is 22.9 Å². The molecule has 15 heavy (non-hydrogen) atoms. The summed E-state index contributed by atoms with van der Waals surface area (Å²) in [5.41, 5.74) is 6.04. The number of halogens is 3. The van der Waals surface area contributed by atoms with Gasteiger partial charge < -0.3 is 15.9 Å². The lowest BCUT2D eigenvalue weighted by atomic mass is 10.1. The van der Waals surface area contributed by atoms with Gasteiger partial charge in [0.2, 0.25) is 0 Å². The summed E-state index contributed by atoms with van der Waals surface area (Å²) in [5, 5.41) is 19.0. The van der Waals surface area contributed by atoms with Crippen molar-refractivity contribution >= 4 is 35.6 Å². The Morgan fingerprint density at radius 1 is 1.33 bits per heavy atom. The minimum Gasteiger partial charge on any atom is -0.508 e. The first-order valence-corrected chi connectivity index (χ1v) is 4.83. The largest absolute Gasteiger partial charge is 0.508 e. The maximum atomic E-state index is 9.51. The maximum absolute atomic E-state index is 9.51. The van der Waals surface area contributed by atoms with Crippen LogP contribution in [0.4, 0.5) is 0 Å². The average molecular weight is 273 g/mol. The number of aliphatic hydroxyl groups is 1. The van der Waals surface area contributed by atoms with E-state index in [0.29, 0.717) is 22.0 Å². The predicted octanol–water partition coefficient (Wildman–Crippen LogP) is 1.98. The van der Waals surface area contributed by atoms with E-state index in [1.807, 2.05) is 0 Å². The van der Waals surface area contributed by atoms with Gasteiger partial charge in [-0.05, 0) is 18.6 Å². The van der Waals surface area contributed by atoms with E-state index in [1.54, 1.807) is 0 Å². The Labute approximate surface area is 104 Å². The van der Waals surface area contributed by atoms with E-state index in [4.69, 9.17) is 34.0 Å². The van der Waals surface area contributed by atoms with Crippen molar-refractivity contribution in [1.29, 1.82) is 0 Å². The Morgan fingerprint density at radius 2 is 1.93 bits per heavy atom. The van der Waals surface area contributed by atoms with Crippen LogP contribution in [0.3, 0.4) is 0 Å². The molecule has 1 aromatic rings. The van der Waals surface area contributed by atoms with Crippen LogP contribution in [0.15, 0.2) is 12.1 Å². The van der Waals surface area contributed by atoms with Crippen LogP contribution < -0.4 is 5.73 Å². The third-order valence-electron chi connectivity index (χ3n) is 1.84. The lowest BCUT2D eigenvalue weighted by Gasteiger charge is -2.11. The van der Waals surface area contributed by atoms with E-state index in [2.05, 4.69) is 0 Å². The zero-order chi connectivity index (χ0) is 10.7. The molecule has 0 radical (unpaired) electrons. The third-order valence-corrected chi connectivity index (χ3v) is 2.39. The van der Waals surface area contributed by atoms with Crippen LogP contribution in [0.1, 0.15) is 5.56 Å². The molecule has 0 saturated heterocycles. The number of phenolic OH excluding ortho intramolecular Hbond substituents is 1. The highest BCUT2D eigenvalue weighted by Gasteiger charge is 2.11. The summed E-state index contributed by atoms with van der Waals surface area (Å²) < 4.78 is 0. The molecule has 0 spiro atoms. The molecule has 0 saturated carbocycles. The molecular weight excluding hydrogens is 260 g/mol. The maximum Gasteiger partial charge on any atom is 0.121 e. The van der Waals surface area contributed by atoms with Crippen LogP contribution >= 0.6 is 35.6 Å². The molecule has 0 aliphatic heterocycles. The number of benzene rings is 1. The molecule has 1 atom stereocenters. The zero-order valence-electron chi connectivity index (χ0n) is 7.78. The highest BCUT2D eigenvalue weighted by molar-refractivity contribution is 6.35. The van der Waals surface area contributed by atoms with Crippen LogP contribution in [0.25, 0.3) is 0 Å². The van der Waals surface area contributed by atoms with Gasteiger partial charge in [-0.3, -0.25) is 0 Å². The molecule has 1 aromatic carbocycles. The first kappa shape index (κ1) is 14.8. The summed E-state index contributed by atoms with van der Waals surface area (Å²) in [6.45, 7) is -0.154. The smallest absolute Gasteiger partial charge is 0.121 e. The van der Waals surface area contributed by atoms with Gasteiger partial charge in [-0.15, -0.1) is 12.4 Å². The molecule has 0 aliphatic carbocycles. The number of hydrogen-bond acceptors (Lipinski definition) is 3. The first-order valence-electron chi connectivity index (χ1n) is 4.08. The molecule has 1 unspecified atom stereocenters. The number of rotatable bonds is 3. The summed E-state index contributed by atoms with van der Waals surface area (Å²) in [4.78, 5) is 0. The molecule has 6 heteroatoms. The number of aromatic hydroxyl groups is 1. The molecule has 0 amide bonds. The second-order valence-electron chi connectivity index (χ2n) is 3.03. The number of hydrogen-bond donors (Lipinski definition) is 3. The van der Waals surface area contributed by atoms with E-state index < -0.39 is 6.04 Å². The Hall–Kier alpha value is -0.190. The molecular formula is C9H12Cl3NO2. The predicted molar refractivity (Wildman–Crippen MR) is 64.1 cm³/mol. The monoisotopic (exact) mass is 271 g/mol. The van der Waals surface area contributed by atoms with Crippen LogP contribution in [0, 0.1) is 0 Å². The van der Waals surface area contributed by atoms with Gasteiger partial charge in [0.1, 0.15) is 5.75 Å². The van der Waals surface area contributed by atoms with Gasteiger partial charge in [0.25, 0.3) is 0 Å². The molecule has 0 fully saturated rings. The highest BCUT2D eigenvalue weighted by atomic mass is 35.5. The fourth-order valence-corrected chi connectivity index (χ4v) is 1.68. The fraction of sp³-hybridized carbons (Fsp3) is 0.333. The van der Waals surface area contributed by atoms with Gasteiger partial charge in [0.15, 0.2) is 0 Å². The molecule has 4 N–H and O–H groups in total. The summed E-state index contributed by atoms with van der Waals surface area (Å²) in [7, 11) is 0. The minimum absolute atomic E-state index is 0. The van der Waals surface area contributed by atoms with Crippen molar-refractivity contribution in [3.8, 4) is 5.75 Å². The quantitative estimate of drug-likeness (QED) is 0.788. The lowest BCUT2D eigenvalue weighted by Crippen LogP contribution is -2.26. The molecule has 0 aliphatic rings. The average Bonchev–Trinajstić information content (AvgIpc) is 2.10. The third kappa shape index (κ3) is 4.05. The number of phenols is 1. The van der Waals surface area contributed by atoms with E-state index in [1.165, 1.54) is 12.1 Å². The van der Waals surface area contributed by atoms with E-state index in [-0.39, 0.29) is 24.8 Å². The molecule has 0 heterocycles. The van der Waals surface area contributed by atoms with Gasteiger partial charge in [0, 0.05) is 21.7 Å². The van der Waals surface area contributed by atoms with Crippen molar-refractivity contribution in [2.24, 2.45) is 5.73 Å². The standard InChI is InChI=1S/C9H11Cl2NO2.ClH/c10-5-1-8(11)7(9(14)2-5)3-6(12)4-13;/h1-2,6,13-14H,3-4,12H2;1H. The SMILES string of the molecule is Cl.NC(CO)Cc1c(O)cc(Cl)cc1Cl. The Kier molecular flexibility index (Phi) is 6.32. The van der Waals surface area contributed by atoms with Crippen molar-refractivity contribution in [3.63, 3.8) is 0 Å². The second kappa shape index (κ2) is 6.40. The van der Waals surface area contributed by atoms with Crippen molar-refractivity contribution in [2.45, 2.75) is 12.5 Å². The van der Waals surface area contributed by atoms with E-state index >= 15 is 0 Å². The fourth-order valence-electron chi connectivity index (χ4n) is 1.12. The minimum atomic E-state index is -0.431. The molecule has 0 aromatic heterocycles. The van der Waals surface area contributed by atoms with E-state index in [9.17, 15) is 5.11 Å². The first-order chi connectivity index (χ1) is 6.54. The Balaban J connectivity index is 0.00000196. The summed E-state index contributed by atoms with van der Waals surface area (Å²) in [6, 6.07) is 2.49. The van der Waals surface area contributed by atoms with Crippen molar-refractivity contribution in [2.75, 3.05) is 6.61 Å². The normalized spacial score (nSPS) is 12.0. The van der Waals surface area contributed by atoms with Crippen LogP contribution in [-0.2, 0) is 6.42 Å². The second-order valence-corrected chi connectivity index (χ2v) is 3.88. The zero-order valence-corrected chi connectivity index (χ0v) is 10.1. The van der Waals surface area contributed by atoms with Crippen molar-refractivity contribution in [3.05, 3.63) is 27.7 Å². The van der Waals surface area contributed by atoms with Gasteiger partial charge in [-0.1, -0.05) is 23.2 Å². The van der Waals surface area contributed by atoms with Crippen LogP contribution in [0.2, 0.25) is 10.0 Å². The number of nitrogens with two attached hydrogens (primary N) is 1. The van der Waals surface area contributed by atoms with Gasteiger partial charge in [-0.25, -0.2) is 0 Å². The molecule has 3 nitrogen and oxygen atoms in total. The highest BCUT2D eigenvalue weighted by Crippen LogP contribution is 2.30. The summed E-state index contributed by atoms with van der Waals surface area (Å²) in [5.74, 6) is 0.00593. The number of aliphatic hydroxyl groups excluding tert-OH is 1. The summed E-state index contributed by atoms with van der Waals surface area (Å²) >= 11 is 11.5. The van der Waals surface area contributed by atoms with Gasteiger partial charge >= 0.3 is 0 Å². The molecule has 86 valence electrons. The van der Waals surface area contributed by atoms with Gasteiger partial charge in [-0.2, -0.15) is 0 Å². The molecule has 1 rings (SSSR count). The summed E-state index contributed by atoms with van der Waals surface area (Å²) in [6.07, 6.45) is 0.318. The van der Waals surface area contributed by atoms with Crippen LogP contribution in [0.5, 0.6) is 5.75 Å². The Bertz CT molecular complexity index is 310.